The molecule has 0 amide bonds. The van der Waals surface area contributed by atoms with Gasteiger partial charge >= 0.3 is 6.18 Å². The molecule has 1 aromatic carbocycles. The lowest BCUT2D eigenvalue weighted by molar-refractivity contribution is -0.137. The van der Waals surface area contributed by atoms with Gasteiger partial charge in [0.05, 0.1) is 10.6 Å². The Kier molecular flexibility index (Phi) is 3.38. The first kappa shape index (κ1) is 12.7. The minimum Gasteiger partial charge on any atom is -0.298 e. The van der Waals surface area contributed by atoms with Gasteiger partial charge in [-0.15, -0.1) is 0 Å². The number of hydrogen-bond acceptors (Lipinski definition) is 2. The zero-order valence-corrected chi connectivity index (χ0v) is 8.82. The van der Waals surface area contributed by atoms with Crippen LogP contribution < -0.4 is 0 Å². The first-order valence-electron chi connectivity index (χ1n) is 4.14. The van der Waals surface area contributed by atoms with Crippen molar-refractivity contribution in [3.05, 3.63) is 33.8 Å². The molecule has 1 rings (SSSR count). The number of rotatable bonds is 2. The third kappa shape index (κ3) is 2.41. The van der Waals surface area contributed by atoms with Crippen LogP contribution in [0.5, 0.6) is 0 Å². The first-order valence-corrected chi connectivity index (χ1v) is 4.52. The highest BCUT2D eigenvalue weighted by Crippen LogP contribution is 2.37. The quantitative estimate of drug-likeness (QED) is 0.596. The van der Waals surface area contributed by atoms with Crippen molar-refractivity contribution in [3.63, 3.8) is 0 Å². The molecule has 0 heterocycles. The minimum absolute atomic E-state index is 0.0277. The Hall–Kier alpha value is -1.36. The molecule has 0 saturated heterocycles. The summed E-state index contributed by atoms with van der Waals surface area (Å²) < 4.78 is 37.5. The second-order valence-electron chi connectivity index (χ2n) is 3.09. The van der Waals surface area contributed by atoms with Crippen LogP contribution in [0.4, 0.5) is 13.2 Å². The van der Waals surface area contributed by atoms with E-state index in [-0.39, 0.29) is 11.8 Å². The average molecular weight is 251 g/mol. The van der Waals surface area contributed by atoms with Crippen molar-refractivity contribution < 1.29 is 22.8 Å². The predicted octanol–water partition coefficient (Wildman–Crippen LogP) is 3.37. The summed E-state index contributed by atoms with van der Waals surface area (Å²) in [4.78, 5) is 21.5. The maximum atomic E-state index is 12.5. The number of benzene rings is 1. The second kappa shape index (κ2) is 4.25. The molecule has 0 atom stereocenters. The molecule has 0 unspecified atom stereocenters. The molecule has 0 bridgehead atoms. The number of aldehydes is 1. The van der Waals surface area contributed by atoms with Crippen LogP contribution in [0.2, 0.25) is 5.02 Å². The number of Topliss-reactive ketones (excluding diaryl/α,β-unsaturated/α-hetero) is 1. The molecule has 0 radical (unpaired) electrons. The number of alkyl halides is 3. The molecule has 0 spiro atoms. The summed E-state index contributed by atoms with van der Waals surface area (Å²) in [6, 6.07) is 1.78. The van der Waals surface area contributed by atoms with Gasteiger partial charge in [-0.05, 0) is 19.1 Å². The highest BCUT2D eigenvalue weighted by atomic mass is 35.5. The molecule has 0 aliphatic heterocycles. The Balaban J connectivity index is 3.53. The molecule has 0 aliphatic carbocycles. The molecule has 86 valence electrons. The van der Waals surface area contributed by atoms with Crippen LogP contribution in [-0.2, 0) is 6.18 Å². The van der Waals surface area contributed by atoms with Gasteiger partial charge in [0.25, 0.3) is 0 Å². The Bertz CT molecular complexity index is 452. The van der Waals surface area contributed by atoms with Gasteiger partial charge in [0.1, 0.15) is 0 Å². The van der Waals surface area contributed by atoms with E-state index in [4.69, 9.17) is 11.6 Å². The zero-order valence-electron chi connectivity index (χ0n) is 8.06. The highest BCUT2D eigenvalue weighted by molar-refractivity contribution is 6.32. The fourth-order valence-corrected chi connectivity index (χ4v) is 1.56. The standard InChI is InChI=1S/C10H6ClF3O2/c1-5(16)6-2-7(4-15)9(8(11)3-6)10(12,13)14/h2-4H,1H3. The summed E-state index contributed by atoms with van der Waals surface area (Å²) >= 11 is 5.41. The van der Waals surface area contributed by atoms with Crippen molar-refractivity contribution in [1.29, 1.82) is 0 Å². The maximum Gasteiger partial charge on any atom is 0.418 e. The minimum atomic E-state index is -4.72. The predicted molar refractivity (Wildman–Crippen MR) is 51.8 cm³/mol. The van der Waals surface area contributed by atoms with E-state index in [9.17, 15) is 22.8 Å². The topological polar surface area (TPSA) is 34.1 Å². The fraction of sp³-hybridized carbons (Fsp3) is 0.200. The monoisotopic (exact) mass is 250 g/mol. The highest BCUT2D eigenvalue weighted by Gasteiger charge is 2.36. The van der Waals surface area contributed by atoms with Gasteiger partial charge < -0.3 is 0 Å². The van der Waals surface area contributed by atoms with Gasteiger partial charge in [0.2, 0.25) is 0 Å². The van der Waals surface area contributed by atoms with Crippen LogP contribution in [0.3, 0.4) is 0 Å². The van der Waals surface area contributed by atoms with Crippen molar-refractivity contribution in [2.24, 2.45) is 0 Å². The van der Waals surface area contributed by atoms with Crippen LogP contribution in [0.1, 0.15) is 33.2 Å². The van der Waals surface area contributed by atoms with E-state index in [0.29, 0.717) is 0 Å². The first-order chi connectivity index (χ1) is 7.27. The maximum absolute atomic E-state index is 12.5. The van der Waals surface area contributed by atoms with Crippen molar-refractivity contribution >= 4 is 23.7 Å². The molecular formula is C10H6ClF3O2. The zero-order chi connectivity index (χ0) is 12.5. The Morgan fingerprint density at radius 2 is 1.94 bits per heavy atom. The smallest absolute Gasteiger partial charge is 0.298 e. The van der Waals surface area contributed by atoms with E-state index in [2.05, 4.69) is 0 Å². The lowest BCUT2D eigenvalue weighted by atomic mass is 10.0. The largest absolute Gasteiger partial charge is 0.418 e. The van der Waals surface area contributed by atoms with E-state index in [1.54, 1.807) is 0 Å². The summed E-state index contributed by atoms with van der Waals surface area (Å²) in [5.74, 6) is -0.460. The molecule has 1 aromatic rings. The molecule has 0 saturated carbocycles. The number of hydrogen-bond donors (Lipinski definition) is 0. The molecular weight excluding hydrogens is 245 g/mol. The molecule has 2 nitrogen and oxygen atoms in total. The number of carbonyl (C=O) groups is 2. The van der Waals surface area contributed by atoms with Crippen LogP contribution in [0, 0.1) is 0 Å². The molecule has 0 aromatic heterocycles. The van der Waals surface area contributed by atoms with E-state index in [0.717, 1.165) is 12.1 Å². The van der Waals surface area contributed by atoms with Crippen molar-refractivity contribution in [1.82, 2.24) is 0 Å². The van der Waals surface area contributed by atoms with Crippen LogP contribution >= 0.6 is 11.6 Å². The van der Waals surface area contributed by atoms with Crippen molar-refractivity contribution in [2.45, 2.75) is 13.1 Å². The van der Waals surface area contributed by atoms with Crippen molar-refractivity contribution in [2.75, 3.05) is 0 Å². The molecule has 0 N–H and O–H groups in total. The summed E-state index contributed by atoms with van der Waals surface area (Å²) in [5, 5.41) is -0.651. The summed E-state index contributed by atoms with van der Waals surface area (Å²) in [6.07, 6.45) is -4.69. The summed E-state index contributed by atoms with van der Waals surface area (Å²) in [5.41, 5.74) is -1.88. The Morgan fingerprint density at radius 1 is 1.38 bits per heavy atom. The average Bonchev–Trinajstić information content (AvgIpc) is 2.14. The second-order valence-corrected chi connectivity index (χ2v) is 3.50. The Morgan fingerprint density at radius 3 is 2.31 bits per heavy atom. The third-order valence-electron chi connectivity index (χ3n) is 1.94. The van der Waals surface area contributed by atoms with Crippen molar-refractivity contribution in [3.8, 4) is 0 Å². The van der Waals surface area contributed by atoms with Gasteiger partial charge in [0, 0.05) is 11.1 Å². The summed E-state index contributed by atoms with van der Waals surface area (Å²) in [6.45, 7) is 1.17. The van der Waals surface area contributed by atoms with Gasteiger partial charge in [-0.2, -0.15) is 13.2 Å². The number of carbonyl (C=O) groups excluding carboxylic acids is 2. The van der Waals surface area contributed by atoms with Crippen LogP contribution in [0.15, 0.2) is 12.1 Å². The van der Waals surface area contributed by atoms with Crippen LogP contribution in [0.25, 0.3) is 0 Å². The summed E-state index contributed by atoms with van der Waals surface area (Å²) in [7, 11) is 0. The van der Waals surface area contributed by atoms with Gasteiger partial charge in [-0.25, -0.2) is 0 Å². The molecule has 6 heteroatoms. The van der Waals surface area contributed by atoms with E-state index in [1.165, 1.54) is 6.92 Å². The van der Waals surface area contributed by atoms with E-state index < -0.39 is 28.1 Å². The molecule has 16 heavy (non-hydrogen) atoms. The van der Waals surface area contributed by atoms with E-state index >= 15 is 0 Å². The van der Waals surface area contributed by atoms with Gasteiger partial charge in [-0.3, -0.25) is 9.59 Å². The van der Waals surface area contributed by atoms with Gasteiger partial charge in [-0.1, -0.05) is 11.6 Å². The third-order valence-corrected chi connectivity index (χ3v) is 2.24. The van der Waals surface area contributed by atoms with Gasteiger partial charge in [0.15, 0.2) is 12.1 Å². The molecule has 0 aliphatic rings. The van der Waals surface area contributed by atoms with E-state index in [1.807, 2.05) is 0 Å². The Labute approximate surface area is 94.0 Å². The lowest BCUT2D eigenvalue weighted by Gasteiger charge is -2.12. The molecule has 0 fully saturated rings. The SMILES string of the molecule is CC(=O)c1cc(Cl)c(C(F)(F)F)c(C=O)c1. The fourth-order valence-electron chi connectivity index (χ4n) is 1.22. The number of halogens is 4. The normalized spacial score (nSPS) is 11.3. The van der Waals surface area contributed by atoms with Crippen LogP contribution in [-0.4, -0.2) is 12.1 Å². The number of ketones is 1. The lowest BCUT2D eigenvalue weighted by Crippen LogP contribution is -2.11.